The van der Waals surface area contributed by atoms with Crippen molar-refractivity contribution in [2.75, 3.05) is 0 Å². The Morgan fingerprint density at radius 1 is 1.38 bits per heavy atom. The monoisotopic (exact) mass is 236 g/mol. The van der Waals surface area contributed by atoms with Gasteiger partial charge in [-0.05, 0) is 16.9 Å². The lowest BCUT2D eigenvalue weighted by Gasteiger charge is -1.97. The van der Waals surface area contributed by atoms with Gasteiger partial charge >= 0.3 is 5.00 Å². The average Bonchev–Trinajstić information content (AvgIpc) is 2.78. The van der Waals surface area contributed by atoms with E-state index < -0.39 is 4.92 Å². The van der Waals surface area contributed by atoms with Gasteiger partial charge in [0.2, 0.25) is 0 Å². The van der Waals surface area contributed by atoms with Crippen molar-refractivity contribution in [1.29, 1.82) is 0 Å². The third-order valence-corrected chi connectivity index (χ3v) is 3.05. The van der Waals surface area contributed by atoms with Crippen molar-refractivity contribution < 1.29 is 10.0 Å². The van der Waals surface area contributed by atoms with E-state index in [1.165, 1.54) is 6.20 Å². The topological polar surface area (TPSA) is 76.3 Å². The van der Waals surface area contributed by atoms with Gasteiger partial charge in [-0.3, -0.25) is 10.1 Å². The van der Waals surface area contributed by atoms with E-state index in [1.807, 2.05) is 0 Å². The highest BCUT2D eigenvalue weighted by atomic mass is 32.1. The summed E-state index contributed by atoms with van der Waals surface area (Å²) in [5.41, 5.74) is 1.62. The third kappa shape index (κ3) is 2.07. The number of rotatable bonds is 3. The number of benzene rings is 1. The van der Waals surface area contributed by atoms with Gasteiger partial charge in [0.15, 0.2) is 0 Å². The number of aromatic nitrogens is 1. The van der Waals surface area contributed by atoms with Crippen LogP contribution in [-0.4, -0.2) is 15.0 Å². The van der Waals surface area contributed by atoms with E-state index in [-0.39, 0.29) is 11.6 Å². The molecule has 2 rings (SSSR count). The van der Waals surface area contributed by atoms with Crippen molar-refractivity contribution in [1.82, 2.24) is 4.98 Å². The second-order valence-corrected chi connectivity index (χ2v) is 4.12. The van der Waals surface area contributed by atoms with Crippen LogP contribution in [0.5, 0.6) is 0 Å². The molecule has 2 aromatic rings. The Morgan fingerprint density at radius 3 is 2.56 bits per heavy atom. The molecule has 0 aliphatic heterocycles. The minimum atomic E-state index is -0.455. The Morgan fingerprint density at radius 2 is 2.06 bits per heavy atom. The van der Waals surface area contributed by atoms with Gasteiger partial charge in [0.05, 0.1) is 11.5 Å². The predicted octanol–water partition coefficient (Wildman–Crippen LogP) is 2.21. The summed E-state index contributed by atoms with van der Waals surface area (Å²) in [5, 5.41) is 20.0. The minimum absolute atomic E-state index is 0.0156. The summed E-state index contributed by atoms with van der Waals surface area (Å²) in [5.74, 6) is 0. The van der Waals surface area contributed by atoms with Gasteiger partial charge in [0.1, 0.15) is 11.2 Å². The molecule has 1 aromatic heterocycles. The zero-order valence-electron chi connectivity index (χ0n) is 8.16. The number of nitrogens with zero attached hydrogens (tertiary/aromatic N) is 2. The molecule has 1 aromatic carbocycles. The molecule has 0 saturated carbocycles. The van der Waals surface area contributed by atoms with E-state index >= 15 is 0 Å². The Hall–Kier alpha value is -1.79. The molecule has 0 aliphatic carbocycles. The van der Waals surface area contributed by atoms with E-state index in [4.69, 9.17) is 5.11 Å². The first-order valence-electron chi connectivity index (χ1n) is 4.51. The standard InChI is InChI=1S/C10H8N2O3S/c13-6-7-1-3-8(4-2-7)10-11-5-9(16-10)12(14)15/h1-5,13H,6H2. The van der Waals surface area contributed by atoms with Crippen LogP contribution in [0, 0.1) is 10.1 Å². The van der Waals surface area contributed by atoms with Gasteiger partial charge in [-0.1, -0.05) is 24.3 Å². The van der Waals surface area contributed by atoms with E-state index in [2.05, 4.69) is 4.98 Å². The van der Waals surface area contributed by atoms with Crippen molar-refractivity contribution in [3.8, 4) is 10.6 Å². The maximum Gasteiger partial charge on any atom is 0.344 e. The first-order chi connectivity index (χ1) is 7.70. The number of hydrogen-bond acceptors (Lipinski definition) is 5. The summed E-state index contributed by atoms with van der Waals surface area (Å²) in [6.45, 7) is -0.0156. The van der Waals surface area contributed by atoms with Crippen molar-refractivity contribution in [3.63, 3.8) is 0 Å². The van der Waals surface area contributed by atoms with Crippen molar-refractivity contribution in [2.45, 2.75) is 6.61 Å². The normalized spacial score (nSPS) is 10.3. The van der Waals surface area contributed by atoms with E-state index in [9.17, 15) is 10.1 Å². The molecule has 0 saturated heterocycles. The molecule has 0 spiro atoms. The highest BCUT2D eigenvalue weighted by molar-refractivity contribution is 7.18. The fraction of sp³-hybridized carbons (Fsp3) is 0.100. The lowest BCUT2D eigenvalue weighted by Crippen LogP contribution is -1.82. The Kier molecular flexibility index (Phi) is 2.93. The van der Waals surface area contributed by atoms with Gasteiger partial charge in [0, 0.05) is 5.56 Å². The number of thiazole rings is 1. The fourth-order valence-electron chi connectivity index (χ4n) is 1.24. The molecule has 0 fully saturated rings. The van der Waals surface area contributed by atoms with E-state index in [0.717, 1.165) is 22.5 Å². The zero-order valence-corrected chi connectivity index (χ0v) is 8.98. The van der Waals surface area contributed by atoms with Crippen molar-refractivity contribution in [2.24, 2.45) is 0 Å². The largest absolute Gasteiger partial charge is 0.392 e. The van der Waals surface area contributed by atoms with Crippen LogP contribution in [0.1, 0.15) is 5.56 Å². The summed E-state index contributed by atoms with van der Waals surface area (Å²) in [6.07, 6.45) is 1.25. The van der Waals surface area contributed by atoms with Crippen LogP contribution in [0.2, 0.25) is 0 Å². The first-order valence-corrected chi connectivity index (χ1v) is 5.33. The summed E-state index contributed by atoms with van der Waals surface area (Å²) in [4.78, 5) is 14.0. The molecule has 82 valence electrons. The second kappa shape index (κ2) is 4.38. The van der Waals surface area contributed by atoms with Gasteiger partial charge in [-0.15, -0.1) is 0 Å². The predicted molar refractivity (Wildman–Crippen MR) is 60.1 cm³/mol. The molecule has 0 atom stereocenters. The molecule has 0 radical (unpaired) electrons. The van der Waals surface area contributed by atoms with Gasteiger partial charge < -0.3 is 5.11 Å². The number of hydrogen-bond donors (Lipinski definition) is 1. The van der Waals surface area contributed by atoms with Crippen LogP contribution in [0.25, 0.3) is 10.6 Å². The van der Waals surface area contributed by atoms with E-state index in [0.29, 0.717) is 5.01 Å². The zero-order chi connectivity index (χ0) is 11.5. The average molecular weight is 236 g/mol. The highest BCUT2D eigenvalue weighted by Gasteiger charge is 2.12. The summed E-state index contributed by atoms with van der Waals surface area (Å²) in [6, 6.07) is 7.10. The third-order valence-electron chi connectivity index (χ3n) is 2.06. The maximum absolute atomic E-state index is 10.5. The molecule has 0 unspecified atom stereocenters. The van der Waals surface area contributed by atoms with Crippen LogP contribution < -0.4 is 0 Å². The highest BCUT2D eigenvalue weighted by Crippen LogP contribution is 2.29. The summed E-state index contributed by atoms with van der Waals surface area (Å²) >= 11 is 1.03. The van der Waals surface area contributed by atoms with Gasteiger partial charge in [0.25, 0.3) is 0 Å². The maximum atomic E-state index is 10.5. The molecule has 0 amide bonds. The molecular weight excluding hydrogens is 228 g/mol. The quantitative estimate of drug-likeness (QED) is 0.654. The van der Waals surface area contributed by atoms with Crippen LogP contribution in [0.4, 0.5) is 5.00 Å². The first kappa shape index (κ1) is 10.7. The summed E-state index contributed by atoms with van der Waals surface area (Å²) in [7, 11) is 0. The lowest BCUT2D eigenvalue weighted by molar-refractivity contribution is -0.380. The minimum Gasteiger partial charge on any atom is -0.392 e. The van der Waals surface area contributed by atoms with Crippen LogP contribution in [-0.2, 0) is 6.61 Å². The molecule has 16 heavy (non-hydrogen) atoms. The number of aliphatic hydroxyl groups is 1. The van der Waals surface area contributed by atoms with Crippen LogP contribution >= 0.6 is 11.3 Å². The SMILES string of the molecule is O=[N+]([O-])c1cnc(-c2ccc(CO)cc2)s1. The molecule has 5 nitrogen and oxygen atoms in total. The molecule has 1 N–H and O–H groups in total. The molecule has 0 aliphatic rings. The Bertz CT molecular complexity index is 507. The van der Waals surface area contributed by atoms with Crippen molar-refractivity contribution >= 4 is 16.3 Å². The fourth-order valence-corrected chi connectivity index (χ4v) is 1.97. The van der Waals surface area contributed by atoms with E-state index in [1.54, 1.807) is 24.3 Å². The summed E-state index contributed by atoms with van der Waals surface area (Å²) < 4.78 is 0. The number of nitro groups is 1. The van der Waals surface area contributed by atoms with Crippen LogP contribution in [0.3, 0.4) is 0 Å². The van der Waals surface area contributed by atoms with Gasteiger partial charge in [-0.2, -0.15) is 0 Å². The Labute approximate surface area is 95.2 Å². The molecule has 6 heteroatoms. The number of aliphatic hydroxyl groups excluding tert-OH is 1. The molecule has 0 bridgehead atoms. The molecule has 1 heterocycles. The lowest BCUT2D eigenvalue weighted by atomic mass is 10.1. The smallest absolute Gasteiger partial charge is 0.344 e. The van der Waals surface area contributed by atoms with Crippen LogP contribution in [0.15, 0.2) is 30.5 Å². The second-order valence-electron chi connectivity index (χ2n) is 3.12. The van der Waals surface area contributed by atoms with Crippen molar-refractivity contribution in [3.05, 3.63) is 46.1 Å². The van der Waals surface area contributed by atoms with Gasteiger partial charge in [-0.25, -0.2) is 4.98 Å². The molecular formula is C10H8N2O3S. The Balaban J connectivity index is 2.31.